The maximum absolute atomic E-state index is 6.24. The van der Waals surface area contributed by atoms with E-state index in [1.54, 1.807) is 7.11 Å². The molecule has 3 N–H and O–H groups in total. The second-order valence-electron chi connectivity index (χ2n) is 6.92. The molecular formula is C21H25N5O. The molecule has 0 saturated carbocycles. The molecule has 0 spiro atoms. The third kappa shape index (κ3) is 3.95. The van der Waals surface area contributed by atoms with Crippen LogP contribution in [0.2, 0.25) is 0 Å². The van der Waals surface area contributed by atoms with Crippen molar-refractivity contribution in [1.82, 2.24) is 14.9 Å². The second kappa shape index (κ2) is 7.80. The average molecular weight is 363 g/mol. The average Bonchev–Trinajstić information content (AvgIpc) is 2.69. The lowest BCUT2D eigenvalue weighted by atomic mass is 10.0. The molecule has 4 rings (SSSR count). The summed E-state index contributed by atoms with van der Waals surface area (Å²) in [7, 11) is 1.68. The summed E-state index contributed by atoms with van der Waals surface area (Å²) in [5, 5.41) is 3.32. The van der Waals surface area contributed by atoms with Crippen LogP contribution in [-0.4, -0.2) is 28.5 Å². The van der Waals surface area contributed by atoms with Gasteiger partial charge in [0.1, 0.15) is 11.6 Å². The monoisotopic (exact) mass is 363 g/mol. The molecule has 1 aromatic heterocycles. The number of nitrogen functional groups attached to an aromatic ring is 1. The van der Waals surface area contributed by atoms with Gasteiger partial charge in [0, 0.05) is 25.2 Å². The number of methoxy groups -OCH3 is 1. The van der Waals surface area contributed by atoms with E-state index in [2.05, 4.69) is 45.5 Å². The maximum Gasteiger partial charge on any atom is 0.229 e. The van der Waals surface area contributed by atoms with E-state index in [1.807, 2.05) is 12.1 Å². The number of fused-ring (bicyclic) bond motifs is 1. The van der Waals surface area contributed by atoms with E-state index in [0.29, 0.717) is 11.8 Å². The molecule has 0 atom stereocenters. The van der Waals surface area contributed by atoms with Gasteiger partial charge in [0.05, 0.1) is 18.5 Å². The lowest BCUT2D eigenvalue weighted by Crippen LogP contribution is -2.32. The Kier molecular flexibility index (Phi) is 5.07. The highest BCUT2D eigenvalue weighted by atomic mass is 16.5. The summed E-state index contributed by atoms with van der Waals surface area (Å²) in [5.41, 5.74) is 10.6. The highest BCUT2D eigenvalue weighted by Gasteiger charge is 2.22. The Morgan fingerprint density at radius 1 is 1.19 bits per heavy atom. The van der Waals surface area contributed by atoms with Gasteiger partial charge in [-0.05, 0) is 30.9 Å². The van der Waals surface area contributed by atoms with Gasteiger partial charge in [-0.15, -0.1) is 0 Å². The molecule has 0 fully saturated rings. The first-order valence-corrected chi connectivity index (χ1v) is 9.35. The molecule has 2 heterocycles. The zero-order valence-corrected chi connectivity index (χ0v) is 15.6. The Bertz CT molecular complexity index is 876. The summed E-state index contributed by atoms with van der Waals surface area (Å²) in [6.45, 7) is 2.66. The van der Waals surface area contributed by atoms with Gasteiger partial charge in [-0.1, -0.05) is 36.4 Å². The molecule has 1 aliphatic heterocycles. The predicted octanol–water partition coefficient (Wildman–Crippen LogP) is 3.24. The molecule has 6 nitrogen and oxygen atoms in total. The third-order valence-electron chi connectivity index (χ3n) is 5.04. The molecule has 0 saturated heterocycles. The van der Waals surface area contributed by atoms with Crippen molar-refractivity contribution in [3.63, 3.8) is 0 Å². The molecule has 0 radical (unpaired) electrons. The third-order valence-corrected chi connectivity index (χ3v) is 5.04. The summed E-state index contributed by atoms with van der Waals surface area (Å²) in [6.07, 6.45) is 6.81. The molecule has 2 aliphatic rings. The van der Waals surface area contributed by atoms with Crippen LogP contribution in [0.15, 0.2) is 53.9 Å². The summed E-state index contributed by atoms with van der Waals surface area (Å²) in [5.74, 6) is 1.95. The fourth-order valence-electron chi connectivity index (χ4n) is 3.64. The van der Waals surface area contributed by atoms with Crippen LogP contribution in [0, 0.1) is 0 Å². The fourth-order valence-corrected chi connectivity index (χ4v) is 3.64. The molecule has 2 aromatic rings. The molecule has 1 aliphatic carbocycles. The van der Waals surface area contributed by atoms with Gasteiger partial charge in [0.15, 0.2) is 0 Å². The Labute approximate surface area is 159 Å². The number of hydrogen-bond acceptors (Lipinski definition) is 6. The first kappa shape index (κ1) is 17.5. The number of benzene rings is 1. The zero-order chi connectivity index (χ0) is 18.6. The summed E-state index contributed by atoms with van der Waals surface area (Å²) in [6, 6.07) is 10.5. The van der Waals surface area contributed by atoms with Crippen molar-refractivity contribution in [3.8, 4) is 0 Å². The van der Waals surface area contributed by atoms with E-state index in [4.69, 9.17) is 15.5 Å². The van der Waals surface area contributed by atoms with Gasteiger partial charge in [0.25, 0.3) is 0 Å². The molecule has 1 aromatic carbocycles. The van der Waals surface area contributed by atoms with Crippen LogP contribution in [0.4, 0.5) is 11.8 Å². The Balaban J connectivity index is 1.54. The van der Waals surface area contributed by atoms with Gasteiger partial charge in [-0.2, -0.15) is 4.98 Å². The predicted molar refractivity (Wildman–Crippen MR) is 107 cm³/mol. The minimum Gasteiger partial charge on any atom is -0.495 e. The van der Waals surface area contributed by atoms with Gasteiger partial charge in [0.2, 0.25) is 5.95 Å². The van der Waals surface area contributed by atoms with Crippen LogP contribution in [0.25, 0.3) is 0 Å². The molecule has 0 bridgehead atoms. The molecule has 0 amide bonds. The van der Waals surface area contributed by atoms with Crippen LogP contribution in [0.1, 0.15) is 29.7 Å². The quantitative estimate of drug-likeness (QED) is 0.849. The van der Waals surface area contributed by atoms with E-state index in [-0.39, 0.29) is 0 Å². The van der Waals surface area contributed by atoms with Gasteiger partial charge in [-0.3, -0.25) is 4.90 Å². The highest BCUT2D eigenvalue weighted by molar-refractivity contribution is 5.50. The van der Waals surface area contributed by atoms with E-state index in [1.165, 1.54) is 5.56 Å². The number of allylic oxidation sites excluding steroid dienone is 3. The van der Waals surface area contributed by atoms with Gasteiger partial charge < -0.3 is 15.8 Å². The number of hydrogen-bond donors (Lipinski definition) is 2. The van der Waals surface area contributed by atoms with Crippen molar-refractivity contribution in [3.05, 3.63) is 70.8 Å². The van der Waals surface area contributed by atoms with Crippen molar-refractivity contribution in [2.24, 2.45) is 0 Å². The Morgan fingerprint density at radius 3 is 2.85 bits per heavy atom. The number of nitrogens with one attached hydrogen (secondary N) is 1. The van der Waals surface area contributed by atoms with E-state index >= 15 is 0 Å². The minimum absolute atomic E-state index is 0.549. The minimum atomic E-state index is 0.549. The van der Waals surface area contributed by atoms with Gasteiger partial charge in [-0.25, -0.2) is 4.98 Å². The smallest absolute Gasteiger partial charge is 0.229 e. The van der Waals surface area contributed by atoms with Crippen molar-refractivity contribution in [2.45, 2.75) is 32.4 Å². The maximum atomic E-state index is 6.24. The summed E-state index contributed by atoms with van der Waals surface area (Å²) < 4.78 is 5.44. The number of nitrogens with two attached hydrogens (primary N) is 1. The Morgan fingerprint density at radius 2 is 2.04 bits per heavy atom. The van der Waals surface area contributed by atoms with Crippen LogP contribution < -0.4 is 11.1 Å². The van der Waals surface area contributed by atoms with E-state index in [9.17, 15) is 0 Å². The molecule has 6 heteroatoms. The van der Waals surface area contributed by atoms with Crippen LogP contribution >= 0.6 is 0 Å². The van der Waals surface area contributed by atoms with E-state index in [0.717, 1.165) is 61.6 Å². The zero-order valence-electron chi connectivity index (χ0n) is 15.6. The first-order valence-electron chi connectivity index (χ1n) is 9.35. The SMILES string of the molecule is COC1=C(Nc2nc(N)c3c(n2)CN(Cc2ccccc2)CC3)CCC=C1. The van der Waals surface area contributed by atoms with Crippen molar-refractivity contribution in [1.29, 1.82) is 0 Å². The topological polar surface area (TPSA) is 76.3 Å². The van der Waals surface area contributed by atoms with Crippen molar-refractivity contribution in [2.75, 3.05) is 24.7 Å². The van der Waals surface area contributed by atoms with Crippen LogP contribution in [-0.2, 0) is 24.2 Å². The summed E-state index contributed by atoms with van der Waals surface area (Å²) >= 11 is 0. The number of anilines is 2. The largest absolute Gasteiger partial charge is 0.495 e. The molecule has 140 valence electrons. The number of rotatable bonds is 5. The standard InChI is InChI=1S/C21H25N5O/c1-27-19-10-6-5-9-17(19)23-21-24-18-14-26(12-11-16(18)20(22)25-21)13-15-7-3-2-4-8-15/h2-4,6-8,10H,5,9,11-14H2,1H3,(H3,22,23,24,25). The normalized spacial score (nSPS) is 16.9. The molecule has 27 heavy (non-hydrogen) atoms. The first-order chi connectivity index (χ1) is 13.2. The number of aromatic nitrogens is 2. The molecule has 0 unspecified atom stereocenters. The van der Waals surface area contributed by atoms with Gasteiger partial charge >= 0.3 is 0 Å². The Hall–Kier alpha value is -2.86. The van der Waals surface area contributed by atoms with E-state index < -0.39 is 0 Å². The van der Waals surface area contributed by atoms with Crippen molar-refractivity contribution >= 4 is 11.8 Å². The van der Waals surface area contributed by atoms with Crippen LogP contribution in [0.3, 0.4) is 0 Å². The van der Waals surface area contributed by atoms with Crippen LogP contribution in [0.5, 0.6) is 0 Å². The number of nitrogens with zero attached hydrogens (tertiary/aromatic N) is 3. The number of ether oxygens (including phenoxy) is 1. The van der Waals surface area contributed by atoms with Crippen molar-refractivity contribution < 1.29 is 4.74 Å². The lowest BCUT2D eigenvalue weighted by molar-refractivity contribution is 0.241. The fraction of sp³-hybridized carbons (Fsp3) is 0.333. The summed E-state index contributed by atoms with van der Waals surface area (Å²) in [4.78, 5) is 11.7. The second-order valence-corrected chi connectivity index (χ2v) is 6.92. The highest BCUT2D eigenvalue weighted by Crippen LogP contribution is 2.26. The molecular weight excluding hydrogens is 338 g/mol. The lowest BCUT2D eigenvalue weighted by Gasteiger charge is -2.29.